The van der Waals surface area contributed by atoms with Crippen LogP contribution >= 0.6 is 11.6 Å². The van der Waals surface area contributed by atoms with E-state index >= 15 is 0 Å². The molecule has 8 heteroatoms. The van der Waals surface area contributed by atoms with Gasteiger partial charge in [0.05, 0.1) is 0 Å². The fraction of sp³-hybridized carbons (Fsp3) is 0.294. The van der Waals surface area contributed by atoms with Gasteiger partial charge in [-0.1, -0.05) is 11.6 Å². The Hall–Kier alpha value is -2.67. The molecule has 2 heterocycles. The van der Waals surface area contributed by atoms with Gasteiger partial charge in [0.15, 0.2) is 0 Å². The lowest BCUT2D eigenvalue weighted by molar-refractivity contribution is -0.116. The number of halogens is 1. The van der Waals surface area contributed by atoms with E-state index in [2.05, 4.69) is 15.3 Å². The van der Waals surface area contributed by atoms with E-state index in [-0.39, 0.29) is 24.4 Å². The Bertz CT molecular complexity index is 789. The third-order valence-corrected chi connectivity index (χ3v) is 4.05. The Morgan fingerprint density at radius 3 is 2.44 bits per heavy atom. The van der Waals surface area contributed by atoms with Crippen LogP contribution in [0.4, 0.5) is 16.4 Å². The first-order chi connectivity index (χ1) is 11.9. The quantitative estimate of drug-likeness (QED) is 0.910. The highest BCUT2D eigenvalue weighted by atomic mass is 35.5. The van der Waals surface area contributed by atoms with Crippen molar-refractivity contribution < 1.29 is 9.59 Å². The van der Waals surface area contributed by atoms with Crippen LogP contribution in [0.5, 0.6) is 0 Å². The summed E-state index contributed by atoms with van der Waals surface area (Å²) in [6, 6.07) is 8.65. The van der Waals surface area contributed by atoms with Crippen LogP contribution in [-0.4, -0.2) is 46.4 Å². The van der Waals surface area contributed by atoms with Crippen LogP contribution in [0.25, 0.3) is 0 Å². The number of hydrogen-bond acceptors (Lipinski definition) is 4. The number of carbonyl (C=O) groups excluding carboxylic acids is 2. The molecule has 1 aromatic carbocycles. The van der Waals surface area contributed by atoms with E-state index in [9.17, 15) is 9.59 Å². The topological polar surface area (TPSA) is 78.4 Å². The van der Waals surface area contributed by atoms with Gasteiger partial charge in [-0.25, -0.2) is 14.8 Å². The fourth-order valence-electron chi connectivity index (χ4n) is 2.71. The average molecular weight is 360 g/mol. The second kappa shape index (κ2) is 7.06. The number of anilines is 2. The largest absolute Gasteiger partial charge is 0.325 e. The van der Waals surface area contributed by atoms with Gasteiger partial charge in [0.25, 0.3) is 0 Å². The van der Waals surface area contributed by atoms with Gasteiger partial charge in [-0.2, -0.15) is 0 Å². The van der Waals surface area contributed by atoms with E-state index in [1.165, 1.54) is 4.90 Å². The summed E-state index contributed by atoms with van der Waals surface area (Å²) in [7, 11) is 0. The van der Waals surface area contributed by atoms with Gasteiger partial charge in [-0.3, -0.25) is 15.0 Å². The molecule has 1 aromatic heterocycles. The SMILES string of the molecule is Cc1cc(C)nc(NC(=O)CN2CCN(c3ccc(Cl)cc3)C2=O)n1. The van der Waals surface area contributed by atoms with Crippen LogP contribution < -0.4 is 10.2 Å². The van der Waals surface area contributed by atoms with Gasteiger partial charge in [0.1, 0.15) is 6.54 Å². The average Bonchev–Trinajstić information content (AvgIpc) is 2.88. The molecule has 3 rings (SSSR count). The van der Waals surface area contributed by atoms with Crippen molar-refractivity contribution in [2.45, 2.75) is 13.8 Å². The molecular formula is C17H18ClN5O2. The molecule has 0 saturated carbocycles. The zero-order valence-electron chi connectivity index (χ0n) is 14.0. The molecule has 7 nitrogen and oxygen atoms in total. The van der Waals surface area contributed by atoms with Crippen molar-refractivity contribution in [1.29, 1.82) is 0 Å². The molecule has 130 valence electrons. The Balaban J connectivity index is 1.62. The highest BCUT2D eigenvalue weighted by Gasteiger charge is 2.30. The number of amides is 3. The van der Waals surface area contributed by atoms with Crippen LogP contribution in [0.3, 0.4) is 0 Å². The summed E-state index contributed by atoms with van der Waals surface area (Å²) in [6.45, 7) is 4.62. The monoisotopic (exact) mass is 359 g/mol. The molecule has 25 heavy (non-hydrogen) atoms. The number of hydrogen-bond donors (Lipinski definition) is 1. The molecular weight excluding hydrogens is 342 g/mol. The number of nitrogens with zero attached hydrogens (tertiary/aromatic N) is 4. The lowest BCUT2D eigenvalue weighted by Gasteiger charge is -2.18. The summed E-state index contributed by atoms with van der Waals surface area (Å²) in [5.74, 6) is -0.0694. The highest BCUT2D eigenvalue weighted by Crippen LogP contribution is 2.22. The van der Waals surface area contributed by atoms with Crippen molar-refractivity contribution in [3.8, 4) is 0 Å². The fourth-order valence-corrected chi connectivity index (χ4v) is 2.84. The molecule has 2 aromatic rings. The first kappa shape index (κ1) is 17.2. The molecule has 1 fully saturated rings. The predicted octanol–water partition coefficient (Wildman–Crippen LogP) is 2.63. The standard InChI is InChI=1S/C17H18ClN5O2/c1-11-9-12(2)20-16(19-11)21-15(24)10-22-7-8-23(17(22)25)14-5-3-13(18)4-6-14/h3-6,9H,7-8,10H2,1-2H3,(H,19,20,21,24). The molecule has 0 radical (unpaired) electrons. The molecule has 1 aliphatic heterocycles. The van der Waals surface area contributed by atoms with Crippen molar-refractivity contribution in [2.75, 3.05) is 29.9 Å². The second-order valence-electron chi connectivity index (χ2n) is 5.85. The predicted molar refractivity (Wildman–Crippen MR) is 95.9 cm³/mol. The van der Waals surface area contributed by atoms with Gasteiger partial charge in [-0.05, 0) is 44.2 Å². The number of aryl methyl sites for hydroxylation is 2. The van der Waals surface area contributed by atoms with Gasteiger partial charge >= 0.3 is 6.03 Å². The van der Waals surface area contributed by atoms with Crippen molar-refractivity contribution in [3.05, 3.63) is 46.7 Å². The van der Waals surface area contributed by atoms with E-state index in [4.69, 9.17) is 11.6 Å². The van der Waals surface area contributed by atoms with Gasteiger partial charge in [-0.15, -0.1) is 0 Å². The minimum absolute atomic E-state index is 0.0424. The summed E-state index contributed by atoms with van der Waals surface area (Å²) in [6.07, 6.45) is 0. The third-order valence-electron chi connectivity index (χ3n) is 3.80. The van der Waals surface area contributed by atoms with Gasteiger partial charge < -0.3 is 4.90 Å². The van der Waals surface area contributed by atoms with Crippen LogP contribution in [0.1, 0.15) is 11.4 Å². The Kier molecular flexibility index (Phi) is 4.85. The lowest BCUT2D eigenvalue weighted by Crippen LogP contribution is -2.37. The lowest BCUT2D eigenvalue weighted by atomic mass is 10.3. The molecule has 0 unspecified atom stereocenters. The van der Waals surface area contributed by atoms with E-state index in [1.807, 2.05) is 19.9 Å². The number of nitrogens with one attached hydrogen (secondary N) is 1. The van der Waals surface area contributed by atoms with Crippen LogP contribution in [0.15, 0.2) is 30.3 Å². The first-order valence-electron chi connectivity index (χ1n) is 7.86. The molecule has 3 amide bonds. The normalized spacial score (nSPS) is 14.1. The molecule has 1 aliphatic rings. The minimum atomic E-state index is -0.323. The molecule has 1 N–H and O–H groups in total. The Morgan fingerprint density at radius 1 is 1.16 bits per heavy atom. The molecule has 0 spiro atoms. The Morgan fingerprint density at radius 2 is 1.80 bits per heavy atom. The van der Waals surface area contributed by atoms with Crippen molar-refractivity contribution >= 4 is 35.2 Å². The highest BCUT2D eigenvalue weighted by molar-refractivity contribution is 6.30. The molecule has 0 atom stereocenters. The minimum Gasteiger partial charge on any atom is -0.313 e. The van der Waals surface area contributed by atoms with Gasteiger partial charge in [0.2, 0.25) is 11.9 Å². The number of benzene rings is 1. The number of urea groups is 1. The van der Waals surface area contributed by atoms with Crippen LogP contribution in [-0.2, 0) is 4.79 Å². The maximum absolute atomic E-state index is 12.5. The van der Waals surface area contributed by atoms with E-state index < -0.39 is 0 Å². The first-order valence-corrected chi connectivity index (χ1v) is 8.24. The Labute approximate surface area is 150 Å². The third kappa shape index (κ3) is 4.06. The summed E-state index contributed by atoms with van der Waals surface area (Å²) in [5, 5.41) is 3.25. The second-order valence-corrected chi connectivity index (χ2v) is 6.29. The van der Waals surface area contributed by atoms with Crippen LogP contribution in [0.2, 0.25) is 5.02 Å². The van der Waals surface area contributed by atoms with Gasteiger partial charge in [0, 0.05) is 35.2 Å². The molecule has 1 saturated heterocycles. The van der Waals surface area contributed by atoms with Crippen molar-refractivity contribution in [1.82, 2.24) is 14.9 Å². The zero-order valence-corrected chi connectivity index (χ0v) is 14.7. The van der Waals surface area contributed by atoms with Crippen molar-refractivity contribution in [2.24, 2.45) is 0 Å². The van der Waals surface area contributed by atoms with E-state index in [0.717, 1.165) is 17.1 Å². The zero-order chi connectivity index (χ0) is 18.0. The van der Waals surface area contributed by atoms with Crippen LogP contribution in [0, 0.1) is 13.8 Å². The molecule has 0 aliphatic carbocycles. The maximum atomic E-state index is 12.5. The summed E-state index contributed by atoms with van der Waals surface area (Å²) < 4.78 is 0. The smallest absolute Gasteiger partial charge is 0.313 e. The summed E-state index contributed by atoms with van der Waals surface area (Å²) in [4.78, 5) is 36.2. The van der Waals surface area contributed by atoms with Crippen molar-refractivity contribution in [3.63, 3.8) is 0 Å². The summed E-state index contributed by atoms with van der Waals surface area (Å²) in [5.41, 5.74) is 2.30. The number of carbonyl (C=O) groups is 2. The van der Waals surface area contributed by atoms with E-state index in [1.54, 1.807) is 29.2 Å². The number of aromatic nitrogens is 2. The number of rotatable bonds is 4. The molecule has 0 bridgehead atoms. The van der Waals surface area contributed by atoms with E-state index in [0.29, 0.717) is 18.1 Å². The summed E-state index contributed by atoms with van der Waals surface area (Å²) >= 11 is 5.87. The maximum Gasteiger partial charge on any atom is 0.325 e.